The number of rotatable bonds is 3. The molecule has 2 unspecified atom stereocenters. The highest BCUT2D eigenvalue weighted by atomic mass is 16.5. The smallest absolute Gasteiger partial charge is 0.311 e. The number of allylic oxidation sites excluding steroid dienone is 1. The summed E-state index contributed by atoms with van der Waals surface area (Å²) in [5.41, 5.74) is -0.613. The molecule has 5 nitrogen and oxygen atoms in total. The Hall–Kier alpha value is -1.65. The van der Waals surface area contributed by atoms with Gasteiger partial charge in [-0.2, -0.15) is 0 Å². The molecule has 27 heavy (non-hydrogen) atoms. The van der Waals surface area contributed by atoms with E-state index < -0.39 is 16.7 Å². The van der Waals surface area contributed by atoms with Crippen LogP contribution in [0.4, 0.5) is 0 Å². The Balaban J connectivity index is 1.96. The van der Waals surface area contributed by atoms with Crippen molar-refractivity contribution in [1.29, 1.82) is 0 Å². The Morgan fingerprint density at radius 2 is 1.93 bits per heavy atom. The Morgan fingerprint density at radius 3 is 2.56 bits per heavy atom. The Morgan fingerprint density at radius 1 is 1.19 bits per heavy atom. The Kier molecular flexibility index (Phi) is 4.10. The van der Waals surface area contributed by atoms with Crippen LogP contribution >= 0.6 is 0 Å². The fourth-order valence-electron chi connectivity index (χ4n) is 7.97. The molecule has 0 aromatic rings. The first-order valence-electron chi connectivity index (χ1n) is 10.1. The second kappa shape index (κ2) is 5.92. The summed E-state index contributed by atoms with van der Waals surface area (Å²) in [6.45, 7) is 6.19. The van der Waals surface area contributed by atoms with Gasteiger partial charge in [0.15, 0.2) is 0 Å². The van der Waals surface area contributed by atoms with Gasteiger partial charge in [-0.25, -0.2) is 0 Å². The SMILES string of the molecule is C=C1C[C@]23CC1CC[C@H]2C1(C=O)CCC[C@@](C)(C(=O)OC)[C@H]1[C@@H]3C(=O)OC. The first kappa shape index (κ1) is 18.7. The van der Waals surface area contributed by atoms with E-state index in [2.05, 4.69) is 6.58 Å². The standard InChI is InChI=1S/C22H30O5/c1-13-10-22-11-14(13)6-7-15(22)21(12-23)9-5-8-20(2,19(25)27-4)17(21)16(22)18(24)26-3/h12,14-17H,1,5-11H2,2-4H3/t14?,15-,16+,17+,20+,21?,22-/m0/s1. The minimum absolute atomic E-state index is 0.108. The van der Waals surface area contributed by atoms with Gasteiger partial charge in [0.25, 0.3) is 0 Å². The van der Waals surface area contributed by atoms with Crippen molar-refractivity contribution in [2.75, 3.05) is 14.2 Å². The van der Waals surface area contributed by atoms with E-state index in [1.54, 1.807) is 0 Å². The first-order chi connectivity index (χ1) is 12.8. The molecule has 1 spiro atoms. The zero-order chi connectivity index (χ0) is 19.6. The minimum Gasteiger partial charge on any atom is -0.469 e. The summed E-state index contributed by atoms with van der Waals surface area (Å²) in [5.74, 6) is -0.884. The number of hydrogen-bond acceptors (Lipinski definition) is 5. The summed E-state index contributed by atoms with van der Waals surface area (Å²) in [5, 5.41) is 0. The molecule has 4 aliphatic carbocycles. The molecule has 0 aromatic carbocycles. The van der Waals surface area contributed by atoms with E-state index in [1.807, 2.05) is 6.92 Å². The third-order valence-corrected chi connectivity index (χ3v) is 8.76. The highest BCUT2D eigenvalue weighted by Crippen LogP contribution is 2.77. The Labute approximate surface area is 160 Å². The van der Waals surface area contributed by atoms with Crippen molar-refractivity contribution in [3.8, 4) is 0 Å². The number of carbonyl (C=O) groups is 3. The molecule has 4 fully saturated rings. The number of methoxy groups -OCH3 is 2. The van der Waals surface area contributed by atoms with Crippen LogP contribution in [0.5, 0.6) is 0 Å². The lowest BCUT2D eigenvalue weighted by Gasteiger charge is -2.49. The van der Waals surface area contributed by atoms with Crippen LogP contribution in [0.15, 0.2) is 12.2 Å². The Bertz CT molecular complexity index is 713. The molecule has 0 N–H and O–H groups in total. The summed E-state index contributed by atoms with van der Waals surface area (Å²) >= 11 is 0. The quantitative estimate of drug-likeness (QED) is 0.431. The summed E-state index contributed by atoms with van der Waals surface area (Å²) in [7, 11) is 2.81. The maximum atomic E-state index is 13.2. The van der Waals surface area contributed by atoms with Crippen LogP contribution in [0.25, 0.3) is 0 Å². The van der Waals surface area contributed by atoms with Crippen LogP contribution in [-0.2, 0) is 23.9 Å². The van der Waals surface area contributed by atoms with Gasteiger partial charge in [-0.15, -0.1) is 0 Å². The second-order valence-corrected chi connectivity index (χ2v) is 9.57. The van der Waals surface area contributed by atoms with Gasteiger partial charge >= 0.3 is 11.9 Å². The lowest BCUT2D eigenvalue weighted by Crippen LogP contribution is -2.52. The second-order valence-electron chi connectivity index (χ2n) is 9.57. The van der Waals surface area contributed by atoms with Crippen LogP contribution in [-0.4, -0.2) is 32.4 Å². The van der Waals surface area contributed by atoms with Crippen molar-refractivity contribution in [2.45, 2.75) is 51.9 Å². The molecule has 4 aliphatic rings. The van der Waals surface area contributed by atoms with E-state index in [0.29, 0.717) is 12.3 Å². The topological polar surface area (TPSA) is 69.7 Å². The zero-order valence-corrected chi connectivity index (χ0v) is 16.6. The number of aldehydes is 1. The fourth-order valence-corrected chi connectivity index (χ4v) is 7.97. The van der Waals surface area contributed by atoms with Gasteiger partial charge in [-0.05, 0) is 62.7 Å². The summed E-state index contributed by atoms with van der Waals surface area (Å²) in [6, 6.07) is 0. The van der Waals surface area contributed by atoms with Crippen LogP contribution in [0, 0.1) is 39.9 Å². The zero-order valence-electron chi connectivity index (χ0n) is 16.6. The van der Waals surface area contributed by atoms with Crippen molar-refractivity contribution in [3.63, 3.8) is 0 Å². The molecule has 5 heteroatoms. The van der Waals surface area contributed by atoms with Crippen molar-refractivity contribution in [2.24, 2.45) is 39.9 Å². The molecule has 4 saturated carbocycles. The van der Waals surface area contributed by atoms with Crippen molar-refractivity contribution in [1.82, 2.24) is 0 Å². The lowest BCUT2D eigenvalue weighted by atomic mass is 9.53. The van der Waals surface area contributed by atoms with Gasteiger partial charge in [-0.3, -0.25) is 9.59 Å². The summed E-state index contributed by atoms with van der Waals surface area (Å²) in [6.07, 6.45) is 6.87. The minimum atomic E-state index is -0.849. The monoisotopic (exact) mass is 374 g/mol. The van der Waals surface area contributed by atoms with Crippen LogP contribution < -0.4 is 0 Å². The van der Waals surface area contributed by atoms with Gasteiger partial charge in [-0.1, -0.05) is 18.6 Å². The normalized spacial score (nSPS) is 47.7. The van der Waals surface area contributed by atoms with E-state index in [4.69, 9.17) is 9.47 Å². The van der Waals surface area contributed by atoms with Crippen LogP contribution in [0.1, 0.15) is 51.9 Å². The maximum absolute atomic E-state index is 13.2. The van der Waals surface area contributed by atoms with Crippen molar-refractivity contribution >= 4 is 18.2 Å². The number of ether oxygens (including phenoxy) is 2. The van der Waals surface area contributed by atoms with Crippen LogP contribution in [0.3, 0.4) is 0 Å². The molecular formula is C22H30O5. The average molecular weight is 374 g/mol. The van der Waals surface area contributed by atoms with Crippen molar-refractivity contribution < 1.29 is 23.9 Å². The highest BCUT2D eigenvalue weighted by molar-refractivity contribution is 5.84. The van der Waals surface area contributed by atoms with Gasteiger partial charge in [0.05, 0.1) is 25.6 Å². The third kappa shape index (κ3) is 2.09. The molecule has 0 radical (unpaired) electrons. The van der Waals surface area contributed by atoms with E-state index in [-0.39, 0.29) is 29.2 Å². The first-order valence-corrected chi connectivity index (χ1v) is 10.1. The molecule has 0 aliphatic heterocycles. The lowest BCUT2D eigenvalue weighted by molar-refractivity contribution is -0.171. The van der Waals surface area contributed by atoms with Gasteiger partial charge in [0.1, 0.15) is 6.29 Å². The van der Waals surface area contributed by atoms with Crippen molar-refractivity contribution in [3.05, 3.63) is 12.2 Å². The maximum Gasteiger partial charge on any atom is 0.311 e. The average Bonchev–Trinajstić information content (AvgIpc) is 3.08. The fraction of sp³-hybridized carbons (Fsp3) is 0.773. The number of hydrogen-bond donors (Lipinski definition) is 0. The van der Waals surface area contributed by atoms with E-state index in [9.17, 15) is 14.4 Å². The van der Waals surface area contributed by atoms with Gasteiger partial charge < -0.3 is 14.3 Å². The highest BCUT2D eigenvalue weighted by Gasteiger charge is 2.76. The molecule has 7 atom stereocenters. The molecule has 0 amide bonds. The van der Waals surface area contributed by atoms with Gasteiger partial charge in [0.2, 0.25) is 0 Å². The largest absolute Gasteiger partial charge is 0.469 e. The summed E-state index contributed by atoms with van der Waals surface area (Å²) in [4.78, 5) is 38.8. The summed E-state index contributed by atoms with van der Waals surface area (Å²) < 4.78 is 10.5. The van der Waals surface area contributed by atoms with E-state index in [1.165, 1.54) is 19.8 Å². The van der Waals surface area contributed by atoms with E-state index in [0.717, 1.165) is 44.8 Å². The van der Waals surface area contributed by atoms with Gasteiger partial charge in [0, 0.05) is 11.3 Å². The van der Waals surface area contributed by atoms with E-state index >= 15 is 0 Å². The predicted molar refractivity (Wildman–Crippen MR) is 98.5 cm³/mol. The molecule has 4 rings (SSSR count). The number of carbonyl (C=O) groups excluding carboxylic acids is 3. The number of fused-ring (bicyclic) bond motifs is 3. The van der Waals surface area contributed by atoms with Crippen LogP contribution in [0.2, 0.25) is 0 Å². The molecule has 0 heterocycles. The molecule has 148 valence electrons. The molecule has 2 bridgehead atoms. The molecule has 0 saturated heterocycles. The molecule has 0 aromatic heterocycles. The molecular weight excluding hydrogens is 344 g/mol. The third-order valence-electron chi connectivity index (χ3n) is 8.76. The predicted octanol–water partition coefficient (Wildman–Crippen LogP) is 3.32. The number of esters is 2.